The van der Waals surface area contributed by atoms with E-state index in [4.69, 9.17) is 0 Å². The number of aromatic nitrogens is 2. The van der Waals surface area contributed by atoms with Gasteiger partial charge in [0.1, 0.15) is 0 Å². The van der Waals surface area contributed by atoms with Crippen molar-refractivity contribution in [2.45, 2.75) is 19.4 Å². The summed E-state index contributed by atoms with van der Waals surface area (Å²) in [6.07, 6.45) is 2.34. The molecule has 2 aliphatic heterocycles. The first-order chi connectivity index (χ1) is 10.6. The van der Waals surface area contributed by atoms with Crippen molar-refractivity contribution in [2.75, 3.05) is 26.7 Å². The first-order valence-corrected chi connectivity index (χ1v) is 8.55. The normalized spacial score (nSPS) is 20.1. The highest BCUT2D eigenvalue weighted by Crippen LogP contribution is 2.32. The molecule has 1 amide bonds. The van der Waals surface area contributed by atoms with Crippen molar-refractivity contribution in [3.8, 4) is 0 Å². The number of aromatic amines is 1. The molecule has 0 atom stereocenters. The van der Waals surface area contributed by atoms with Gasteiger partial charge in [-0.15, -0.1) is 0 Å². The first kappa shape index (κ1) is 14.2. The lowest BCUT2D eigenvalue weighted by molar-refractivity contribution is 0.0674. The predicted octanol–water partition coefficient (Wildman–Crippen LogP) is 2.62. The molecule has 0 spiro atoms. The third-order valence-electron chi connectivity index (χ3n) is 4.88. The van der Waals surface area contributed by atoms with Gasteiger partial charge in [-0.3, -0.25) is 9.89 Å². The molecule has 1 aromatic heterocycles. The Kier molecular flexibility index (Phi) is 3.46. The van der Waals surface area contributed by atoms with Crippen molar-refractivity contribution in [3.63, 3.8) is 0 Å². The van der Waals surface area contributed by atoms with Gasteiger partial charge in [-0.05, 0) is 51.0 Å². The maximum Gasteiger partial charge on any atom is 0.255 e. The van der Waals surface area contributed by atoms with Crippen LogP contribution in [0, 0.1) is 5.92 Å². The molecule has 0 radical (unpaired) electrons. The molecule has 5 nitrogen and oxygen atoms in total. The number of carbonyl (C=O) groups is 1. The van der Waals surface area contributed by atoms with Gasteiger partial charge in [0.2, 0.25) is 0 Å². The first-order valence-electron chi connectivity index (χ1n) is 7.76. The van der Waals surface area contributed by atoms with E-state index < -0.39 is 0 Å². The number of halogens is 1. The highest BCUT2D eigenvalue weighted by atomic mass is 79.9. The van der Waals surface area contributed by atoms with E-state index in [0.717, 1.165) is 46.3 Å². The molecule has 2 aromatic rings. The number of nitrogens with one attached hydrogen (secondary N) is 1. The van der Waals surface area contributed by atoms with E-state index in [-0.39, 0.29) is 5.91 Å². The summed E-state index contributed by atoms with van der Waals surface area (Å²) in [4.78, 5) is 17.2. The van der Waals surface area contributed by atoms with E-state index >= 15 is 0 Å². The molecule has 2 aliphatic rings. The topological polar surface area (TPSA) is 52.2 Å². The molecule has 0 bridgehead atoms. The molecule has 0 saturated carbocycles. The Morgan fingerprint density at radius 1 is 1.36 bits per heavy atom. The Labute approximate surface area is 137 Å². The Hall–Kier alpha value is -1.40. The van der Waals surface area contributed by atoms with Crippen molar-refractivity contribution < 1.29 is 4.79 Å². The second kappa shape index (κ2) is 5.35. The Bertz CT molecular complexity index is 733. The van der Waals surface area contributed by atoms with Gasteiger partial charge in [0.15, 0.2) is 0 Å². The summed E-state index contributed by atoms with van der Waals surface area (Å²) in [5.74, 6) is 0.738. The van der Waals surface area contributed by atoms with E-state index in [1.54, 1.807) is 0 Å². The molecule has 1 fully saturated rings. The summed E-state index contributed by atoms with van der Waals surface area (Å²) in [6.45, 7) is 3.72. The molecular weight excluding hydrogens is 344 g/mol. The zero-order valence-electron chi connectivity index (χ0n) is 12.6. The number of H-pyrrole nitrogens is 1. The number of carbonyl (C=O) groups excluding carboxylic acids is 1. The maximum atomic E-state index is 12.8. The van der Waals surface area contributed by atoms with E-state index in [2.05, 4.69) is 38.1 Å². The molecule has 22 heavy (non-hydrogen) atoms. The number of likely N-dealkylation sites (tertiary alicyclic amines) is 1. The number of rotatable bonds is 2. The molecule has 1 aromatic carbocycles. The number of nitrogens with zero attached hydrogens (tertiary/aromatic N) is 3. The lowest BCUT2D eigenvalue weighted by atomic mass is 9.94. The zero-order chi connectivity index (χ0) is 15.3. The van der Waals surface area contributed by atoms with Crippen LogP contribution in [0.25, 0.3) is 10.9 Å². The fourth-order valence-corrected chi connectivity index (χ4v) is 4.06. The molecule has 1 saturated heterocycles. The minimum atomic E-state index is 0.138. The van der Waals surface area contributed by atoms with Gasteiger partial charge < -0.3 is 9.80 Å². The quantitative estimate of drug-likeness (QED) is 0.893. The summed E-state index contributed by atoms with van der Waals surface area (Å²) in [5, 5.41) is 8.45. The third-order valence-corrected chi connectivity index (χ3v) is 5.34. The minimum Gasteiger partial charge on any atom is -0.332 e. The average Bonchev–Trinajstić information content (AvgIpc) is 2.89. The molecule has 3 heterocycles. The molecule has 0 unspecified atom stereocenters. The highest BCUT2D eigenvalue weighted by molar-refractivity contribution is 9.10. The van der Waals surface area contributed by atoms with Crippen molar-refractivity contribution in [2.24, 2.45) is 5.92 Å². The zero-order valence-corrected chi connectivity index (χ0v) is 14.2. The number of benzene rings is 1. The Morgan fingerprint density at radius 2 is 2.14 bits per heavy atom. The average molecular weight is 363 g/mol. The molecule has 1 N–H and O–H groups in total. The second-order valence-corrected chi connectivity index (χ2v) is 7.39. The van der Waals surface area contributed by atoms with E-state index in [1.165, 1.54) is 12.8 Å². The Balaban J connectivity index is 1.61. The molecule has 116 valence electrons. The van der Waals surface area contributed by atoms with Crippen LogP contribution in [0.3, 0.4) is 0 Å². The second-order valence-electron chi connectivity index (χ2n) is 6.48. The predicted molar refractivity (Wildman–Crippen MR) is 88.8 cm³/mol. The van der Waals surface area contributed by atoms with Crippen LogP contribution in [-0.4, -0.2) is 52.6 Å². The number of hydrogen-bond donors (Lipinski definition) is 1. The summed E-state index contributed by atoms with van der Waals surface area (Å²) in [5.41, 5.74) is 2.70. The lowest BCUT2D eigenvalue weighted by Gasteiger charge is -2.34. The number of amides is 1. The smallest absolute Gasteiger partial charge is 0.255 e. The molecular formula is C16H19BrN4O. The standard InChI is InChI=1S/C16H19BrN4O/c1-20-4-2-10(3-5-20)8-21-9-14-15-12(16(21)22)6-11(17)7-13(15)18-19-14/h6-7,10H,2-5,8-9H2,1H3,(H,18,19). The van der Waals surface area contributed by atoms with Crippen LogP contribution in [0.4, 0.5) is 0 Å². The van der Waals surface area contributed by atoms with Crippen LogP contribution in [-0.2, 0) is 6.54 Å². The largest absolute Gasteiger partial charge is 0.332 e. The van der Waals surface area contributed by atoms with Crippen LogP contribution in [0.15, 0.2) is 16.6 Å². The van der Waals surface area contributed by atoms with E-state index in [9.17, 15) is 4.79 Å². The van der Waals surface area contributed by atoms with E-state index in [0.29, 0.717) is 12.5 Å². The SMILES string of the molecule is CN1CCC(CN2Cc3n[nH]c4cc(Br)cc(c34)C2=O)CC1. The minimum absolute atomic E-state index is 0.138. The van der Waals surface area contributed by atoms with Gasteiger partial charge in [-0.25, -0.2) is 0 Å². The van der Waals surface area contributed by atoms with Crippen molar-refractivity contribution >= 4 is 32.7 Å². The summed E-state index contributed by atoms with van der Waals surface area (Å²) in [6, 6.07) is 3.90. The Morgan fingerprint density at radius 3 is 2.91 bits per heavy atom. The monoisotopic (exact) mass is 362 g/mol. The van der Waals surface area contributed by atoms with Crippen molar-refractivity contribution in [1.82, 2.24) is 20.0 Å². The number of hydrogen-bond acceptors (Lipinski definition) is 3. The van der Waals surface area contributed by atoms with Crippen LogP contribution < -0.4 is 0 Å². The third kappa shape index (κ3) is 2.34. The van der Waals surface area contributed by atoms with Gasteiger partial charge in [0.25, 0.3) is 5.91 Å². The van der Waals surface area contributed by atoms with Gasteiger partial charge in [0.05, 0.1) is 23.3 Å². The van der Waals surface area contributed by atoms with Crippen molar-refractivity contribution in [1.29, 1.82) is 0 Å². The van der Waals surface area contributed by atoms with Crippen LogP contribution in [0.5, 0.6) is 0 Å². The fraction of sp³-hybridized carbons (Fsp3) is 0.500. The van der Waals surface area contributed by atoms with Crippen molar-refractivity contribution in [3.05, 3.63) is 27.9 Å². The highest BCUT2D eigenvalue weighted by Gasteiger charge is 2.30. The summed E-state index contributed by atoms with van der Waals surface area (Å²) < 4.78 is 0.916. The lowest BCUT2D eigenvalue weighted by Crippen LogP contribution is -2.41. The van der Waals surface area contributed by atoms with Gasteiger partial charge in [-0.2, -0.15) is 5.10 Å². The molecule has 6 heteroatoms. The van der Waals surface area contributed by atoms with Crippen LogP contribution in [0.1, 0.15) is 28.9 Å². The fourth-order valence-electron chi connectivity index (χ4n) is 3.60. The van der Waals surface area contributed by atoms with Gasteiger partial charge >= 0.3 is 0 Å². The summed E-state index contributed by atoms with van der Waals surface area (Å²) in [7, 11) is 2.16. The van der Waals surface area contributed by atoms with Gasteiger partial charge in [0, 0.05) is 16.4 Å². The van der Waals surface area contributed by atoms with E-state index in [1.807, 2.05) is 17.0 Å². The molecule has 0 aliphatic carbocycles. The van der Waals surface area contributed by atoms with Crippen LogP contribution in [0.2, 0.25) is 0 Å². The maximum absolute atomic E-state index is 12.8. The van der Waals surface area contributed by atoms with Gasteiger partial charge in [-0.1, -0.05) is 15.9 Å². The van der Waals surface area contributed by atoms with Crippen LogP contribution >= 0.6 is 15.9 Å². The summed E-state index contributed by atoms with van der Waals surface area (Å²) >= 11 is 3.49. The molecule has 4 rings (SSSR count). The number of piperidine rings is 1.